The minimum Gasteiger partial charge on any atom is -0.284 e. The number of amides is 4. The largest absolute Gasteiger partial charge is 0.340 e. The van der Waals surface area contributed by atoms with E-state index in [1.807, 2.05) is 31.0 Å². The van der Waals surface area contributed by atoms with E-state index in [0.29, 0.717) is 18.2 Å². The summed E-state index contributed by atoms with van der Waals surface area (Å²) in [7, 11) is 1.82. The predicted molar refractivity (Wildman–Crippen MR) is 108 cm³/mol. The molecule has 28 heavy (non-hydrogen) atoms. The van der Waals surface area contributed by atoms with Crippen LogP contribution in [-0.4, -0.2) is 41.4 Å². The maximum absolute atomic E-state index is 12.7. The van der Waals surface area contributed by atoms with Crippen molar-refractivity contribution in [3.8, 4) is 0 Å². The topological polar surface area (TPSA) is 60.9 Å². The Bertz CT molecular complexity index is 888. The van der Waals surface area contributed by atoms with Gasteiger partial charge in [0.05, 0.1) is 12.4 Å². The van der Waals surface area contributed by atoms with Crippen LogP contribution in [0.25, 0.3) is 0 Å². The third-order valence-electron chi connectivity index (χ3n) is 4.83. The highest BCUT2D eigenvalue weighted by atomic mass is 16.2. The maximum Gasteiger partial charge on any atom is 0.340 e. The minimum atomic E-state index is -0.816. The molecule has 0 aliphatic carbocycles. The molecule has 0 atom stereocenters. The Balaban J connectivity index is 1.69. The maximum atomic E-state index is 12.7. The molecule has 1 heterocycles. The van der Waals surface area contributed by atoms with Crippen LogP contribution in [0, 0.1) is 6.92 Å². The van der Waals surface area contributed by atoms with Crippen LogP contribution in [-0.2, 0) is 16.1 Å². The van der Waals surface area contributed by atoms with Gasteiger partial charge < -0.3 is 0 Å². The molecule has 2 aromatic rings. The number of carbonyl (C=O) groups is 3. The van der Waals surface area contributed by atoms with E-state index >= 15 is 0 Å². The van der Waals surface area contributed by atoms with Gasteiger partial charge in [0, 0.05) is 6.54 Å². The van der Waals surface area contributed by atoms with Gasteiger partial charge in [0.15, 0.2) is 0 Å². The molecule has 6 heteroatoms. The Morgan fingerprint density at radius 1 is 0.893 bits per heavy atom. The summed E-state index contributed by atoms with van der Waals surface area (Å²) in [6.07, 6.45) is 0. The summed E-state index contributed by atoms with van der Waals surface area (Å²) in [6, 6.07) is 14.6. The monoisotopic (exact) mass is 379 g/mol. The number of anilines is 1. The van der Waals surface area contributed by atoms with E-state index in [2.05, 4.69) is 26.0 Å². The summed E-state index contributed by atoms with van der Waals surface area (Å²) in [5.74, 6) is -1.15. The molecule has 0 aromatic heterocycles. The summed E-state index contributed by atoms with van der Waals surface area (Å²) in [6.45, 7) is 6.81. The van der Waals surface area contributed by atoms with Crippen LogP contribution in [0.2, 0.25) is 0 Å². The molecule has 3 rings (SSSR count). The zero-order valence-corrected chi connectivity index (χ0v) is 16.7. The van der Waals surface area contributed by atoms with Crippen molar-refractivity contribution in [2.75, 3.05) is 18.6 Å². The van der Waals surface area contributed by atoms with E-state index in [9.17, 15) is 14.4 Å². The number of nitrogens with zero attached hydrogens (tertiary/aromatic N) is 3. The molecular weight excluding hydrogens is 354 g/mol. The first-order valence-electron chi connectivity index (χ1n) is 9.32. The molecular formula is C22H25N3O3. The third kappa shape index (κ3) is 3.97. The van der Waals surface area contributed by atoms with Crippen LogP contribution in [0.4, 0.5) is 10.5 Å². The number of benzene rings is 2. The zero-order valence-electron chi connectivity index (χ0n) is 16.7. The molecule has 6 nitrogen and oxygen atoms in total. The smallest absolute Gasteiger partial charge is 0.284 e. The SMILES string of the molecule is Cc1ccc(N2C(=O)C(=O)N(CN(C)Cc3ccc(C(C)C)cc3)C2=O)cc1. The van der Waals surface area contributed by atoms with Crippen molar-refractivity contribution in [2.45, 2.75) is 33.2 Å². The van der Waals surface area contributed by atoms with Crippen LogP contribution in [0.3, 0.4) is 0 Å². The van der Waals surface area contributed by atoms with Crippen molar-refractivity contribution < 1.29 is 14.4 Å². The first kappa shape index (κ1) is 19.8. The summed E-state index contributed by atoms with van der Waals surface area (Å²) in [4.78, 5) is 41.2. The Kier molecular flexibility index (Phi) is 5.61. The Morgan fingerprint density at radius 3 is 2.07 bits per heavy atom. The Morgan fingerprint density at radius 2 is 1.50 bits per heavy atom. The van der Waals surface area contributed by atoms with Crippen LogP contribution in [0.5, 0.6) is 0 Å². The van der Waals surface area contributed by atoms with Crippen molar-refractivity contribution >= 4 is 23.5 Å². The highest BCUT2D eigenvalue weighted by Gasteiger charge is 2.45. The van der Waals surface area contributed by atoms with Gasteiger partial charge in [-0.1, -0.05) is 55.8 Å². The lowest BCUT2D eigenvalue weighted by atomic mass is 10.0. The van der Waals surface area contributed by atoms with Gasteiger partial charge in [-0.25, -0.2) is 14.6 Å². The standard InChI is InChI=1S/C22H25N3O3/c1-15(2)18-9-7-17(8-10-18)13-23(4)14-24-20(26)21(27)25(22(24)28)19-11-5-16(3)6-12-19/h5-12,15H,13-14H2,1-4H3. The molecule has 0 radical (unpaired) electrons. The number of hydrogen-bond acceptors (Lipinski definition) is 4. The van der Waals surface area contributed by atoms with E-state index < -0.39 is 17.8 Å². The molecule has 0 spiro atoms. The minimum absolute atomic E-state index is 0.0533. The van der Waals surface area contributed by atoms with E-state index in [-0.39, 0.29) is 6.67 Å². The van der Waals surface area contributed by atoms with E-state index in [4.69, 9.17) is 0 Å². The third-order valence-corrected chi connectivity index (χ3v) is 4.83. The van der Waals surface area contributed by atoms with E-state index in [0.717, 1.165) is 20.9 Å². The Hall–Kier alpha value is -2.99. The summed E-state index contributed by atoms with van der Waals surface area (Å²) in [5.41, 5.74) is 3.75. The quantitative estimate of drug-likeness (QED) is 0.569. The molecule has 2 aromatic carbocycles. The molecule has 1 aliphatic rings. The van der Waals surface area contributed by atoms with Gasteiger partial charge in [0.2, 0.25) is 0 Å². The highest BCUT2D eigenvalue weighted by Crippen LogP contribution is 2.23. The van der Waals surface area contributed by atoms with Gasteiger partial charge >= 0.3 is 17.8 Å². The van der Waals surface area contributed by atoms with Crippen LogP contribution in [0.1, 0.15) is 36.5 Å². The van der Waals surface area contributed by atoms with Crippen molar-refractivity contribution in [3.63, 3.8) is 0 Å². The van der Waals surface area contributed by atoms with Gasteiger partial charge in [-0.15, -0.1) is 0 Å². The fraction of sp³-hybridized carbons (Fsp3) is 0.318. The molecule has 0 N–H and O–H groups in total. The van der Waals surface area contributed by atoms with Crippen LogP contribution in [0.15, 0.2) is 48.5 Å². The number of imide groups is 2. The lowest BCUT2D eigenvalue weighted by molar-refractivity contribution is -0.140. The van der Waals surface area contributed by atoms with E-state index in [1.54, 1.807) is 24.3 Å². The second-order valence-electron chi connectivity index (χ2n) is 7.54. The Labute approximate surface area is 165 Å². The zero-order chi connectivity index (χ0) is 20.4. The number of urea groups is 1. The normalized spacial score (nSPS) is 14.7. The van der Waals surface area contributed by atoms with Crippen LogP contribution < -0.4 is 4.90 Å². The first-order valence-corrected chi connectivity index (χ1v) is 9.32. The predicted octanol–water partition coefficient (Wildman–Crippen LogP) is 3.50. The second-order valence-corrected chi connectivity index (χ2v) is 7.54. The van der Waals surface area contributed by atoms with Crippen molar-refractivity contribution in [1.29, 1.82) is 0 Å². The number of aryl methyl sites for hydroxylation is 1. The van der Waals surface area contributed by atoms with Gasteiger partial charge in [-0.2, -0.15) is 0 Å². The summed E-state index contributed by atoms with van der Waals surface area (Å²) < 4.78 is 0. The average Bonchev–Trinajstić information content (AvgIpc) is 2.86. The number of rotatable bonds is 6. The molecule has 1 saturated heterocycles. The first-order chi connectivity index (χ1) is 13.3. The molecule has 4 amide bonds. The molecule has 1 fully saturated rings. The number of hydrogen-bond donors (Lipinski definition) is 0. The summed E-state index contributed by atoms with van der Waals surface area (Å²) in [5, 5.41) is 0. The van der Waals surface area contributed by atoms with E-state index in [1.165, 1.54) is 5.56 Å². The summed E-state index contributed by atoms with van der Waals surface area (Å²) >= 11 is 0. The highest BCUT2D eigenvalue weighted by molar-refractivity contribution is 6.52. The molecule has 0 unspecified atom stereocenters. The van der Waals surface area contributed by atoms with Gasteiger partial charge in [0.25, 0.3) is 0 Å². The lowest BCUT2D eigenvalue weighted by Gasteiger charge is -2.22. The fourth-order valence-electron chi connectivity index (χ4n) is 3.16. The molecule has 1 aliphatic heterocycles. The van der Waals surface area contributed by atoms with Crippen molar-refractivity contribution in [3.05, 3.63) is 65.2 Å². The van der Waals surface area contributed by atoms with Gasteiger partial charge in [-0.05, 0) is 43.1 Å². The lowest BCUT2D eigenvalue weighted by Crippen LogP contribution is -2.40. The fourth-order valence-corrected chi connectivity index (χ4v) is 3.16. The molecule has 0 saturated carbocycles. The van der Waals surface area contributed by atoms with Gasteiger partial charge in [0.1, 0.15) is 0 Å². The molecule has 146 valence electrons. The van der Waals surface area contributed by atoms with Crippen molar-refractivity contribution in [2.24, 2.45) is 0 Å². The van der Waals surface area contributed by atoms with Crippen molar-refractivity contribution in [1.82, 2.24) is 9.80 Å². The number of carbonyl (C=O) groups excluding carboxylic acids is 3. The second kappa shape index (κ2) is 7.94. The van der Waals surface area contributed by atoms with Crippen LogP contribution >= 0.6 is 0 Å². The molecule has 0 bridgehead atoms. The van der Waals surface area contributed by atoms with Gasteiger partial charge in [-0.3, -0.25) is 14.5 Å². The average molecular weight is 379 g/mol.